The van der Waals surface area contributed by atoms with Crippen LogP contribution in [0.4, 0.5) is 0 Å². The molecule has 17 heavy (non-hydrogen) atoms. The van der Waals surface area contributed by atoms with Crippen LogP contribution in [0.1, 0.15) is 10.4 Å². The van der Waals surface area contributed by atoms with E-state index in [0.29, 0.717) is 15.6 Å². The molecule has 2 rings (SSSR count). The SMILES string of the molecule is Cl.O=C(Cn1ccnc1)c1cc(Cl)ccc1Cl. The summed E-state index contributed by atoms with van der Waals surface area (Å²) in [7, 11) is 0. The maximum Gasteiger partial charge on any atom is 0.184 e. The van der Waals surface area contributed by atoms with E-state index in [1.54, 1.807) is 41.5 Å². The number of hydrogen-bond donors (Lipinski definition) is 0. The van der Waals surface area contributed by atoms with Gasteiger partial charge in [0.25, 0.3) is 0 Å². The van der Waals surface area contributed by atoms with E-state index in [2.05, 4.69) is 4.98 Å². The third kappa shape index (κ3) is 3.46. The Bertz CT molecular complexity index is 511. The van der Waals surface area contributed by atoms with Gasteiger partial charge < -0.3 is 4.57 Å². The van der Waals surface area contributed by atoms with Crippen molar-refractivity contribution in [1.82, 2.24) is 9.55 Å². The molecular formula is C11H9Cl3N2O. The summed E-state index contributed by atoms with van der Waals surface area (Å²) in [4.78, 5) is 15.8. The first-order valence-corrected chi connectivity index (χ1v) is 5.36. The van der Waals surface area contributed by atoms with Crippen LogP contribution >= 0.6 is 35.6 Å². The summed E-state index contributed by atoms with van der Waals surface area (Å²) in [6.45, 7) is 0.208. The van der Waals surface area contributed by atoms with Crippen molar-refractivity contribution in [1.29, 1.82) is 0 Å². The monoisotopic (exact) mass is 290 g/mol. The lowest BCUT2D eigenvalue weighted by atomic mass is 10.1. The van der Waals surface area contributed by atoms with Crippen molar-refractivity contribution in [2.45, 2.75) is 6.54 Å². The van der Waals surface area contributed by atoms with E-state index in [0.717, 1.165) is 0 Å². The van der Waals surface area contributed by atoms with E-state index >= 15 is 0 Å². The standard InChI is InChI=1S/C11H8Cl2N2O.ClH/c12-8-1-2-10(13)9(5-8)11(16)6-15-4-3-14-7-15;/h1-5,7H,6H2;1H. The number of imidazole rings is 1. The van der Waals surface area contributed by atoms with Gasteiger partial charge in [-0.05, 0) is 18.2 Å². The van der Waals surface area contributed by atoms with Gasteiger partial charge in [0.15, 0.2) is 5.78 Å². The van der Waals surface area contributed by atoms with E-state index in [1.165, 1.54) is 0 Å². The van der Waals surface area contributed by atoms with Crippen LogP contribution in [0.3, 0.4) is 0 Å². The fourth-order valence-electron chi connectivity index (χ4n) is 1.34. The Morgan fingerprint density at radius 1 is 1.35 bits per heavy atom. The lowest BCUT2D eigenvalue weighted by Crippen LogP contribution is -2.09. The fraction of sp³-hybridized carbons (Fsp3) is 0.0909. The van der Waals surface area contributed by atoms with Crippen LogP contribution < -0.4 is 0 Å². The van der Waals surface area contributed by atoms with Crippen LogP contribution in [-0.4, -0.2) is 15.3 Å². The number of nitrogens with zero attached hydrogens (tertiary/aromatic N) is 2. The molecule has 3 nitrogen and oxygen atoms in total. The van der Waals surface area contributed by atoms with Gasteiger partial charge in [-0.1, -0.05) is 23.2 Å². The van der Waals surface area contributed by atoms with Gasteiger partial charge in [-0.15, -0.1) is 12.4 Å². The minimum absolute atomic E-state index is 0. The summed E-state index contributed by atoms with van der Waals surface area (Å²) < 4.78 is 1.68. The first-order valence-electron chi connectivity index (χ1n) is 4.61. The molecule has 0 unspecified atom stereocenters. The number of rotatable bonds is 3. The van der Waals surface area contributed by atoms with E-state index in [1.807, 2.05) is 0 Å². The first kappa shape index (κ1) is 14.0. The zero-order valence-electron chi connectivity index (χ0n) is 8.64. The van der Waals surface area contributed by atoms with Crippen LogP contribution in [0.15, 0.2) is 36.9 Å². The molecule has 1 aromatic carbocycles. The Kier molecular flexibility index (Phi) is 5.00. The molecule has 0 atom stereocenters. The van der Waals surface area contributed by atoms with Crippen molar-refractivity contribution in [2.75, 3.05) is 0 Å². The van der Waals surface area contributed by atoms with Crippen molar-refractivity contribution in [2.24, 2.45) is 0 Å². The van der Waals surface area contributed by atoms with Crippen molar-refractivity contribution < 1.29 is 4.79 Å². The zero-order chi connectivity index (χ0) is 11.5. The predicted octanol–water partition coefficient (Wildman–Crippen LogP) is 3.49. The molecule has 0 bridgehead atoms. The molecule has 0 fully saturated rings. The maximum atomic E-state index is 11.9. The third-order valence-electron chi connectivity index (χ3n) is 2.11. The lowest BCUT2D eigenvalue weighted by molar-refractivity contribution is 0.0972. The second-order valence-corrected chi connectivity index (χ2v) is 4.13. The molecule has 0 spiro atoms. The van der Waals surface area contributed by atoms with Gasteiger partial charge in [0.05, 0.1) is 17.9 Å². The maximum absolute atomic E-state index is 11.9. The summed E-state index contributed by atoms with van der Waals surface area (Å²) in [5.41, 5.74) is 0.433. The number of Topliss-reactive ketones (excluding diaryl/α,β-unsaturated/α-hetero) is 1. The summed E-state index contributed by atoms with van der Waals surface area (Å²) in [5, 5.41) is 0.910. The second kappa shape index (κ2) is 6.05. The number of carbonyl (C=O) groups excluding carboxylic acids is 1. The quantitative estimate of drug-likeness (QED) is 0.811. The highest BCUT2D eigenvalue weighted by molar-refractivity contribution is 6.35. The van der Waals surface area contributed by atoms with Crippen LogP contribution in [-0.2, 0) is 6.54 Å². The predicted molar refractivity (Wildman–Crippen MR) is 70.3 cm³/mol. The third-order valence-corrected chi connectivity index (χ3v) is 2.68. The molecule has 0 aliphatic rings. The Labute approximate surface area is 115 Å². The van der Waals surface area contributed by atoms with E-state index in [4.69, 9.17) is 23.2 Å². The van der Waals surface area contributed by atoms with Crippen molar-refractivity contribution >= 4 is 41.4 Å². The molecule has 0 saturated carbocycles. The van der Waals surface area contributed by atoms with Gasteiger partial charge in [0, 0.05) is 23.0 Å². The number of aromatic nitrogens is 2. The first-order chi connectivity index (χ1) is 7.66. The van der Waals surface area contributed by atoms with Gasteiger partial charge in [0.1, 0.15) is 0 Å². The van der Waals surface area contributed by atoms with Gasteiger partial charge in [-0.2, -0.15) is 0 Å². The number of benzene rings is 1. The van der Waals surface area contributed by atoms with E-state index in [-0.39, 0.29) is 24.7 Å². The number of carbonyl (C=O) groups is 1. The largest absolute Gasteiger partial charge is 0.330 e. The van der Waals surface area contributed by atoms with Crippen molar-refractivity contribution in [3.8, 4) is 0 Å². The van der Waals surface area contributed by atoms with Crippen molar-refractivity contribution in [3.05, 3.63) is 52.5 Å². The minimum atomic E-state index is -0.0921. The summed E-state index contributed by atoms with van der Waals surface area (Å²) in [6, 6.07) is 4.84. The van der Waals surface area contributed by atoms with Gasteiger partial charge >= 0.3 is 0 Å². The molecule has 1 aromatic heterocycles. The molecule has 0 N–H and O–H groups in total. The van der Waals surface area contributed by atoms with Crippen LogP contribution in [0, 0.1) is 0 Å². The van der Waals surface area contributed by atoms with E-state index in [9.17, 15) is 4.79 Å². The van der Waals surface area contributed by atoms with Crippen molar-refractivity contribution in [3.63, 3.8) is 0 Å². The molecule has 0 saturated heterocycles. The fourth-order valence-corrected chi connectivity index (χ4v) is 1.74. The normalized spacial score (nSPS) is 9.76. The molecule has 0 aliphatic carbocycles. The van der Waals surface area contributed by atoms with Gasteiger partial charge in [-0.25, -0.2) is 4.98 Å². The molecule has 0 amide bonds. The average molecular weight is 292 g/mol. The minimum Gasteiger partial charge on any atom is -0.330 e. The zero-order valence-corrected chi connectivity index (χ0v) is 11.0. The molecular weight excluding hydrogens is 282 g/mol. The van der Waals surface area contributed by atoms with Crippen LogP contribution in [0.2, 0.25) is 10.0 Å². The van der Waals surface area contributed by atoms with Gasteiger partial charge in [-0.3, -0.25) is 4.79 Å². The molecule has 2 aromatic rings. The topological polar surface area (TPSA) is 34.9 Å². The Morgan fingerprint density at radius 3 is 2.76 bits per heavy atom. The highest BCUT2D eigenvalue weighted by atomic mass is 35.5. The van der Waals surface area contributed by atoms with Crippen LogP contribution in [0.5, 0.6) is 0 Å². The molecule has 6 heteroatoms. The Hall–Kier alpha value is -1.03. The summed E-state index contributed by atoms with van der Waals surface area (Å²) >= 11 is 11.7. The number of halogens is 3. The summed E-state index contributed by atoms with van der Waals surface area (Å²) in [6.07, 6.45) is 4.92. The number of ketones is 1. The second-order valence-electron chi connectivity index (χ2n) is 3.28. The lowest BCUT2D eigenvalue weighted by Gasteiger charge is -2.04. The Balaban J connectivity index is 0.00000144. The molecule has 0 aliphatic heterocycles. The molecule has 90 valence electrons. The van der Waals surface area contributed by atoms with Crippen LogP contribution in [0.25, 0.3) is 0 Å². The smallest absolute Gasteiger partial charge is 0.184 e. The summed E-state index contributed by atoms with van der Waals surface area (Å²) in [5.74, 6) is -0.0921. The van der Waals surface area contributed by atoms with Gasteiger partial charge in [0.2, 0.25) is 0 Å². The highest BCUT2D eigenvalue weighted by Gasteiger charge is 2.11. The molecule has 1 heterocycles. The van der Waals surface area contributed by atoms with E-state index < -0.39 is 0 Å². The average Bonchev–Trinajstić information content (AvgIpc) is 2.74. The Morgan fingerprint density at radius 2 is 2.12 bits per heavy atom. The highest BCUT2D eigenvalue weighted by Crippen LogP contribution is 2.21. The number of hydrogen-bond acceptors (Lipinski definition) is 2. The molecule has 0 radical (unpaired) electrons.